The van der Waals surface area contributed by atoms with E-state index in [1.807, 2.05) is 24.3 Å². The largest absolute Gasteiger partial charge is 0.478 e. The first kappa shape index (κ1) is 12.8. The number of carboxylic acid groups (broad SMARTS) is 1. The van der Waals surface area contributed by atoms with Crippen molar-refractivity contribution in [3.63, 3.8) is 0 Å². The van der Waals surface area contributed by atoms with Crippen molar-refractivity contribution >= 4 is 40.6 Å². The summed E-state index contributed by atoms with van der Waals surface area (Å²) in [5, 5.41) is 18.3. The van der Waals surface area contributed by atoms with E-state index in [2.05, 4.69) is 34.7 Å². The van der Waals surface area contributed by atoms with Crippen LogP contribution < -0.4 is 15.9 Å². The Kier molecular flexibility index (Phi) is 2.79. The van der Waals surface area contributed by atoms with Crippen molar-refractivity contribution < 1.29 is 9.90 Å². The minimum Gasteiger partial charge on any atom is -0.478 e. The fraction of sp³-hybridized carbons (Fsp3) is 0. The van der Waals surface area contributed by atoms with E-state index in [0.29, 0.717) is 5.56 Å². The van der Waals surface area contributed by atoms with Crippen LogP contribution in [0.15, 0.2) is 60.7 Å². The Balaban J connectivity index is 1.73. The van der Waals surface area contributed by atoms with Crippen molar-refractivity contribution in [2.45, 2.75) is 0 Å². The maximum absolute atomic E-state index is 10.9. The molecule has 22 heavy (non-hydrogen) atoms. The Hall–Kier alpha value is -2.95. The molecule has 5 heteroatoms. The van der Waals surface area contributed by atoms with Gasteiger partial charge in [-0.15, -0.1) is 0 Å². The van der Waals surface area contributed by atoms with Gasteiger partial charge in [-0.05, 0) is 35.1 Å². The highest BCUT2D eigenvalue weighted by Gasteiger charge is 2.25. The Morgan fingerprint density at radius 3 is 2.00 bits per heavy atom. The van der Waals surface area contributed by atoms with Crippen molar-refractivity contribution in [2.75, 3.05) is 10.5 Å². The fourth-order valence-corrected chi connectivity index (χ4v) is 2.91. The van der Waals surface area contributed by atoms with Crippen LogP contribution in [0.3, 0.4) is 0 Å². The second-order valence-electron chi connectivity index (χ2n) is 5.36. The Morgan fingerprint density at radius 2 is 1.45 bits per heavy atom. The SMILES string of the molecule is O=C(O)c1ccc(B2Nc3cccc4cccc(c34)N2)cc1. The molecule has 1 aliphatic rings. The van der Waals surface area contributed by atoms with E-state index in [0.717, 1.165) is 16.8 Å². The van der Waals surface area contributed by atoms with Crippen LogP contribution in [0.25, 0.3) is 10.8 Å². The fourth-order valence-electron chi connectivity index (χ4n) is 2.91. The van der Waals surface area contributed by atoms with Crippen LogP contribution >= 0.6 is 0 Å². The summed E-state index contributed by atoms with van der Waals surface area (Å²) >= 11 is 0. The molecule has 0 unspecified atom stereocenters. The summed E-state index contributed by atoms with van der Waals surface area (Å²) in [4.78, 5) is 10.9. The van der Waals surface area contributed by atoms with Crippen LogP contribution in [0.5, 0.6) is 0 Å². The van der Waals surface area contributed by atoms with Crippen molar-refractivity contribution in [2.24, 2.45) is 0 Å². The van der Waals surface area contributed by atoms with Gasteiger partial charge in [0, 0.05) is 16.8 Å². The highest BCUT2D eigenvalue weighted by Crippen LogP contribution is 2.33. The maximum atomic E-state index is 10.9. The molecular weight excluding hydrogens is 275 g/mol. The van der Waals surface area contributed by atoms with E-state index >= 15 is 0 Å². The molecule has 1 aliphatic heterocycles. The number of nitrogens with one attached hydrogen (secondary N) is 2. The number of carbonyl (C=O) groups is 1. The Labute approximate surface area is 127 Å². The molecule has 106 valence electrons. The molecule has 3 aromatic carbocycles. The van der Waals surface area contributed by atoms with E-state index in [9.17, 15) is 4.79 Å². The molecule has 0 bridgehead atoms. The second kappa shape index (κ2) is 4.81. The highest BCUT2D eigenvalue weighted by atomic mass is 16.4. The molecule has 0 saturated heterocycles. The van der Waals surface area contributed by atoms with Gasteiger partial charge in [0.05, 0.1) is 5.56 Å². The number of carboxylic acids is 1. The number of hydrogen-bond acceptors (Lipinski definition) is 3. The summed E-state index contributed by atoms with van der Waals surface area (Å²) in [6.07, 6.45) is 0. The van der Waals surface area contributed by atoms with E-state index in [1.165, 1.54) is 10.8 Å². The van der Waals surface area contributed by atoms with Crippen LogP contribution in [0.4, 0.5) is 11.4 Å². The van der Waals surface area contributed by atoms with Crippen LogP contribution in [-0.2, 0) is 0 Å². The second-order valence-corrected chi connectivity index (χ2v) is 5.36. The molecule has 1 heterocycles. The lowest BCUT2D eigenvalue weighted by atomic mass is 9.66. The summed E-state index contributed by atoms with van der Waals surface area (Å²) in [5.41, 5.74) is 3.46. The van der Waals surface area contributed by atoms with Crippen molar-refractivity contribution in [3.8, 4) is 0 Å². The quantitative estimate of drug-likeness (QED) is 0.635. The monoisotopic (exact) mass is 288 g/mol. The third-order valence-corrected chi connectivity index (χ3v) is 4.00. The molecule has 0 aromatic heterocycles. The molecule has 4 rings (SSSR count). The van der Waals surface area contributed by atoms with Gasteiger partial charge in [0.2, 0.25) is 0 Å². The lowest BCUT2D eigenvalue weighted by Crippen LogP contribution is -2.47. The molecule has 0 radical (unpaired) electrons. The van der Waals surface area contributed by atoms with Crippen molar-refractivity contribution in [1.29, 1.82) is 0 Å². The number of anilines is 2. The van der Waals surface area contributed by atoms with Gasteiger partial charge in [-0.1, -0.05) is 36.4 Å². The molecule has 0 spiro atoms. The van der Waals surface area contributed by atoms with Gasteiger partial charge in [-0.2, -0.15) is 0 Å². The molecule has 0 aliphatic carbocycles. The number of rotatable bonds is 2. The van der Waals surface area contributed by atoms with Crippen LogP contribution in [0, 0.1) is 0 Å². The van der Waals surface area contributed by atoms with Crippen LogP contribution in [0.1, 0.15) is 10.4 Å². The van der Waals surface area contributed by atoms with E-state index in [-0.39, 0.29) is 6.98 Å². The third kappa shape index (κ3) is 1.99. The summed E-state index contributed by atoms with van der Waals surface area (Å²) in [6, 6.07) is 19.3. The summed E-state index contributed by atoms with van der Waals surface area (Å²) < 4.78 is 0. The Bertz CT molecular complexity index is 837. The molecule has 0 saturated carbocycles. The van der Waals surface area contributed by atoms with E-state index < -0.39 is 5.97 Å². The van der Waals surface area contributed by atoms with E-state index in [1.54, 1.807) is 12.1 Å². The lowest BCUT2D eigenvalue weighted by molar-refractivity contribution is 0.0697. The zero-order valence-electron chi connectivity index (χ0n) is 11.7. The topological polar surface area (TPSA) is 61.4 Å². The molecule has 0 atom stereocenters. The summed E-state index contributed by atoms with van der Waals surface area (Å²) in [7, 11) is 0. The normalized spacial score (nSPS) is 12.6. The summed E-state index contributed by atoms with van der Waals surface area (Å²) in [6.45, 7) is -0.0802. The molecule has 3 aromatic rings. The van der Waals surface area contributed by atoms with Gasteiger partial charge in [-0.3, -0.25) is 0 Å². The van der Waals surface area contributed by atoms with Crippen LogP contribution in [0.2, 0.25) is 0 Å². The molecule has 4 nitrogen and oxygen atoms in total. The Morgan fingerprint density at radius 1 is 0.864 bits per heavy atom. The maximum Gasteiger partial charge on any atom is 0.406 e. The molecule has 0 fully saturated rings. The first-order valence-corrected chi connectivity index (χ1v) is 7.10. The van der Waals surface area contributed by atoms with Gasteiger partial charge in [0.1, 0.15) is 0 Å². The lowest BCUT2D eigenvalue weighted by Gasteiger charge is -2.26. The standard InChI is InChI=1S/C17H13BN2O2/c21-17(22)12-7-9-13(10-8-12)18-19-14-5-1-3-11-4-2-6-15(20-18)16(11)14/h1-10,19-20H,(H,21,22). The van der Waals surface area contributed by atoms with Gasteiger partial charge >= 0.3 is 13.0 Å². The van der Waals surface area contributed by atoms with Gasteiger partial charge in [0.15, 0.2) is 0 Å². The third-order valence-electron chi connectivity index (χ3n) is 4.00. The molecule has 3 N–H and O–H groups in total. The average Bonchev–Trinajstić information content (AvgIpc) is 2.55. The highest BCUT2D eigenvalue weighted by molar-refractivity contribution is 6.80. The molecule has 0 amide bonds. The van der Waals surface area contributed by atoms with E-state index in [4.69, 9.17) is 5.11 Å². The first-order valence-electron chi connectivity index (χ1n) is 7.10. The predicted molar refractivity (Wildman–Crippen MR) is 90.0 cm³/mol. The number of benzene rings is 3. The minimum absolute atomic E-state index is 0.0802. The predicted octanol–water partition coefficient (Wildman–Crippen LogP) is 2.77. The minimum atomic E-state index is -0.911. The average molecular weight is 288 g/mol. The van der Waals surface area contributed by atoms with Gasteiger partial charge in [-0.25, -0.2) is 4.79 Å². The van der Waals surface area contributed by atoms with Crippen LogP contribution in [-0.4, -0.2) is 18.1 Å². The smallest absolute Gasteiger partial charge is 0.406 e. The van der Waals surface area contributed by atoms with Gasteiger partial charge < -0.3 is 15.6 Å². The molecular formula is C17H13BN2O2. The number of hydrogen-bond donors (Lipinski definition) is 3. The zero-order chi connectivity index (χ0) is 15.1. The zero-order valence-corrected chi connectivity index (χ0v) is 11.7. The number of aromatic carboxylic acids is 1. The van der Waals surface area contributed by atoms with Gasteiger partial charge in [0.25, 0.3) is 0 Å². The van der Waals surface area contributed by atoms with Crippen molar-refractivity contribution in [1.82, 2.24) is 0 Å². The summed E-state index contributed by atoms with van der Waals surface area (Å²) in [5.74, 6) is -0.911. The van der Waals surface area contributed by atoms with Crippen molar-refractivity contribution in [3.05, 3.63) is 66.2 Å². The first-order chi connectivity index (χ1) is 10.7.